The number of amides is 1. The van der Waals surface area contributed by atoms with E-state index in [4.69, 9.17) is 13.9 Å². The van der Waals surface area contributed by atoms with Crippen LogP contribution in [0, 0.1) is 0 Å². The van der Waals surface area contributed by atoms with E-state index in [1.807, 2.05) is 43.4 Å². The van der Waals surface area contributed by atoms with Crippen LogP contribution < -0.4 is 14.8 Å². The second-order valence-corrected chi connectivity index (χ2v) is 7.37. The van der Waals surface area contributed by atoms with Crippen LogP contribution in [0.2, 0.25) is 0 Å². The summed E-state index contributed by atoms with van der Waals surface area (Å²) in [6.07, 6.45) is 0. The molecule has 4 aromatic rings. The van der Waals surface area contributed by atoms with E-state index >= 15 is 0 Å². The smallest absolute Gasteiger partial charge is 0.234 e. The van der Waals surface area contributed by atoms with Crippen molar-refractivity contribution in [1.29, 1.82) is 0 Å². The van der Waals surface area contributed by atoms with Crippen LogP contribution in [0.5, 0.6) is 11.5 Å². The van der Waals surface area contributed by atoms with Gasteiger partial charge in [0, 0.05) is 24.2 Å². The molecular weight excluding hydrogens is 404 g/mol. The van der Waals surface area contributed by atoms with Crippen LogP contribution in [0.1, 0.15) is 0 Å². The molecule has 9 heteroatoms. The van der Waals surface area contributed by atoms with Crippen molar-refractivity contribution < 1.29 is 18.7 Å². The summed E-state index contributed by atoms with van der Waals surface area (Å²) in [4.78, 5) is 12.3. The number of carbonyl (C=O) groups excluding carboxylic acids is 1. The highest BCUT2D eigenvalue weighted by Crippen LogP contribution is 2.33. The second kappa shape index (κ2) is 8.50. The summed E-state index contributed by atoms with van der Waals surface area (Å²) in [7, 11) is 5.02. The number of carbonyl (C=O) groups is 1. The molecule has 4 rings (SSSR count). The number of hydrogen-bond acceptors (Lipinski definition) is 7. The molecule has 2 aromatic heterocycles. The first-order valence-electron chi connectivity index (χ1n) is 9.12. The number of aromatic nitrogens is 3. The Morgan fingerprint density at radius 2 is 1.97 bits per heavy atom. The number of methoxy groups -OCH3 is 2. The first kappa shape index (κ1) is 19.8. The number of para-hydroxylation sites is 1. The summed E-state index contributed by atoms with van der Waals surface area (Å²) in [5, 5.41) is 12.8. The van der Waals surface area contributed by atoms with Crippen molar-refractivity contribution in [2.75, 3.05) is 25.3 Å². The predicted octanol–water partition coefficient (Wildman–Crippen LogP) is 3.98. The predicted molar refractivity (Wildman–Crippen MR) is 115 cm³/mol. The van der Waals surface area contributed by atoms with Gasteiger partial charge >= 0.3 is 0 Å². The quantitative estimate of drug-likeness (QED) is 0.449. The maximum absolute atomic E-state index is 12.3. The number of furan rings is 1. The Morgan fingerprint density at radius 1 is 1.13 bits per heavy atom. The zero-order chi connectivity index (χ0) is 21.1. The van der Waals surface area contributed by atoms with E-state index in [0.29, 0.717) is 39.5 Å². The zero-order valence-electron chi connectivity index (χ0n) is 16.7. The van der Waals surface area contributed by atoms with Crippen molar-refractivity contribution >= 4 is 34.3 Å². The molecule has 0 aliphatic carbocycles. The van der Waals surface area contributed by atoms with Gasteiger partial charge in [-0.05, 0) is 24.3 Å². The van der Waals surface area contributed by atoms with E-state index in [1.54, 1.807) is 30.9 Å². The van der Waals surface area contributed by atoms with Crippen molar-refractivity contribution in [2.45, 2.75) is 5.16 Å². The van der Waals surface area contributed by atoms with Gasteiger partial charge in [-0.2, -0.15) is 0 Å². The average Bonchev–Trinajstić information content (AvgIpc) is 3.35. The molecule has 0 aliphatic heterocycles. The van der Waals surface area contributed by atoms with E-state index in [1.165, 1.54) is 11.8 Å². The van der Waals surface area contributed by atoms with Crippen molar-refractivity contribution in [1.82, 2.24) is 14.8 Å². The van der Waals surface area contributed by atoms with Gasteiger partial charge in [0.2, 0.25) is 5.91 Å². The summed E-state index contributed by atoms with van der Waals surface area (Å²) in [6.45, 7) is 0. The first-order valence-corrected chi connectivity index (χ1v) is 10.1. The number of nitrogens with one attached hydrogen (secondary N) is 1. The van der Waals surface area contributed by atoms with Gasteiger partial charge in [-0.3, -0.25) is 4.79 Å². The standard InChI is InChI=1S/C21H20N4O4S/c1-25-20(17-10-13-6-4-9-16(28-3)19(13)29-17)23-24-21(25)30-12-18(26)22-14-7-5-8-15(11-14)27-2/h4-11H,12H2,1-3H3,(H,22,26). The molecule has 0 saturated heterocycles. The lowest BCUT2D eigenvalue weighted by atomic mass is 10.2. The molecule has 0 unspecified atom stereocenters. The molecule has 0 fully saturated rings. The van der Waals surface area contributed by atoms with Crippen LogP contribution in [0.4, 0.5) is 5.69 Å². The molecule has 154 valence electrons. The summed E-state index contributed by atoms with van der Waals surface area (Å²) in [6, 6.07) is 14.8. The Hall–Kier alpha value is -3.46. The third kappa shape index (κ3) is 3.97. The fourth-order valence-corrected chi connectivity index (χ4v) is 3.70. The van der Waals surface area contributed by atoms with Crippen molar-refractivity contribution in [2.24, 2.45) is 7.05 Å². The minimum absolute atomic E-state index is 0.147. The lowest BCUT2D eigenvalue weighted by Crippen LogP contribution is -2.14. The Bertz CT molecular complexity index is 1200. The highest BCUT2D eigenvalue weighted by Gasteiger charge is 2.18. The first-order chi connectivity index (χ1) is 14.6. The number of ether oxygens (including phenoxy) is 2. The molecule has 0 bridgehead atoms. The number of hydrogen-bond donors (Lipinski definition) is 1. The molecule has 1 N–H and O–H groups in total. The number of benzene rings is 2. The van der Waals surface area contributed by atoms with Gasteiger partial charge in [0.25, 0.3) is 0 Å². The molecule has 1 amide bonds. The maximum Gasteiger partial charge on any atom is 0.234 e. The van der Waals surface area contributed by atoms with Gasteiger partial charge < -0.3 is 23.8 Å². The fraction of sp³-hybridized carbons (Fsp3) is 0.190. The van der Waals surface area contributed by atoms with Crippen LogP contribution in [-0.4, -0.2) is 40.6 Å². The average molecular weight is 424 g/mol. The van der Waals surface area contributed by atoms with Gasteiger partial charge in [-0.1, -0.05) is 30.0 Å². The van der Waals surface area contributed by atoms with Crippen LogP contribution in [0.25, 0.3) is 22.6 Å². The minimum atomic E-state index is -0.147. The summed E-state index contributed by atoms with van der Waals surface area (Å²) < 4.78 is 18.3. The molecule has 2 aromatic carbocycles. The minimum Gasteiger partial charge on any atom is -0.497 e. The molecule has 0 aliphatic rings. The van der Waals surface area contributed by atoms with E-state index < -0.39 is 0 Å². The Kier molecular flexibility index (Phi) is 5.62. The summed E-state index contributed by atoms with van der Waals surface area (Å²) in [5.41, 5.74) is 1.33. The largest absolute Gasteiger partial charge is 0.497 e. The number of rotatable bonds is 7. The molecule has 0 saturated carbocycles. The van der Waals surface area contributed by atoms with Gasteiger partial charge in [0.15, 0.2) is 28.1 Å². The Morgan fingerprint density at radius 3 is 2.77 bits per heavy atom. The van der Waals surface area contributed by atoms with Crippen molar-refractivity contribution in [3.8, 4) is 23.1 Å². The molecule has 0 radical (unpaired) electrons. The lowest BCUT2D eigenvalue weighted by molar-refractivity contribution is -0.113. The molecule has 0 spiro atoms. The number of anilines is 1. The molecule has 2 heterocycles. The lowest BCUT2D eigenvalue weighted by Gasteiger charge is -2.07. The van der Waals surface area contributed by atoms with Gasteiger partial charge in [0.05, 0.1) is 20.0 Å². The van der Waals surface area contributed by atoms with Crippen molar-refractivity contribution in [3.05, 3.63) is 48.5 Å². The van der Waals surface area contributed by atoms with E-state index in [2.05, 4.69) is 15.5 Å². The van der Waals surface area contributed by atoms with Crippen LogP contribution in [0.3, 0.4) is 0 Å². The molecule has 30 heavy (non-hydrogen) atoms. The highest BCUT2D eigenvalue weighted by atomic mass is 32.2. The molecular formula is C21H20N4O4S. The summed E-state index contributed by atoms with van der Waals surface area (Å²) >= 11 is 1.29. The Labute approximate surface area is 177 Å². The number of nitrogens with zero attached hydrogens (tertiary/aromatic N) is 3. The van der Waals surface area contributed by atoms with E-state index in [-0.39, 0.29) is 11.7 Å². The summed E-state index contributed by atoms with van der Waals surface area (Å²) in [5.74, 6) is 2.54. The third-order valence-corrected chi connectivity index (χ3v) is 5.49. The van der Waals surface area contributed by atoms with Gasteiger partial charge in [0.1, 0.15) is 5.75 Å². The SMILES string of the molecule is COc1cccc(NC(=O)CSc2nnc(-c3cc4cccc(OC)c4o3)n2C)c1. The Balaban J connectivity index is 1.46. The normalized spacial score (nSPS) is 10.9. The molecule has 0 atom stereocenters. The van der Waals surface area contributed by atoms with Gasteiger partial charge in [-0.15, -0.1) is 10.2 Å². The number of fused-ring (bicyclic) bond motifs is 1. The zero-order valence-corrected chi connectivity index (χ0v) is 17.5. The topological polar surface area (TPSA) is 91.4 Å². The van der Waals surface area contributed by atoms with E-state index in [9.17, 15) is 4.79 Å². The number of thioether (sulfide) groups is 1. The monoisotopic (exact) mass is 424 g/mol. The van der Waals surface area contributed by atoms with Gasteiger partial charge in [-0.25, -0.2) is 0 Å². The second-order valence-electron chi connectivity index (χ2n) is 6.42. The van der Waals surface area contributed by atoms with Crippen molar-refractivity contribution in [3.63, 3.8) is 0 Å². The van der Waals surface area contributed by atoms with Crippen LogP contribution in [-0.2, 0) is 11.8 Å². The van der Waals surface area contributed by atoms with E-state index in [0.717, 1.165) is 5.39 Å². The van der Waals surface area contributed by atoms with Crippen LogP contribution >= 0.6 is 11.8 Å². The molecule has 8 nitrogen and oxygen atoms in total. The maximum atomic E-state index is 12.3. The fourth-order valence-electron chi connectivity index (χ4n) is 2.99. The van der Waals surface area contributed by atoms with Crippen LogP contribution in [0.15, 0.2) is 58.1 Å². The third-order valence-electron chi connectivity index (χ3n) is 4.47. The highest BCUT2D eigenvalue weighted by molar-refractivity contribution is 7.99.